The lowest BCUT2D eigenvalue weighted by atomic mass is 9.82. The number of hydrogen-bond acceptors (Lipinski definition) is 2. The van der Waals surface area contributed by atoms with E-state index in [1.807, 2.05) is 0 Å². The molecule has 0 aromatic rings. The van der Waals surface area contributed by atoms with Gasteiger partial charge in [0.2, 0.25) is 0 Å². The maximum atomic E-state index is 3.45. The third kappa shape index (κ3) is 1.96. The van der Waals surface area contributed by atoms with Crippen LogP contribution in [-0.4, -0.2) is 36.6 Å². The lowest BCUT2D eigenvalue weighted by Gasteiger charge is -2.52. The topological polar surface area (TPSA) is 15.3 Å². The molecule has 2 saturated heterocycles. The van der Waals surface area contributed by atoms with Crippen LogP contribution in [0.1, 0.15) is 39.5 Å². The van der Waals surface area contributed by atoms with E-state index in [9.17, 15) is 0 Å². The molecule has 2 heterocycles. The highest BCUT2D eigenvalue weighted by Crippen LogP contribution is 2.33. The van der Waals surface area contributed by atoms with Crippen LogP contribution in [0.25, 0.3) is 0 Å². The summed E-state index contributed by atoms with van der Waals surface area (Å²) < 4.78 is 0. The van der Waals surface area contributed by atoms with Crippen molar-refractivity contribution in [2.75, 3.05) is 26.2 Å². The molecule has 0 amide bonds. The summed E-state index contributed by atoms with van der Waals surface area (Å²) in [5.74, 6) is 1.01. The summed E-state index contributed by atoms with van der Waals surface area (Å²) in [6.45, 7) is 9.91. The average molecular weight is 196 g/mol. The molecule has 0 saturated carbocycles. The molecule has 1 N–H and O–H groups in total. The summed E-state index contributed by atoms with van der Waals surface area (Å²) in [6, 6.07) is 0. The fourth-order valence-corrected chi connectivity index (χ4v) is 2.88. The predicted molar refractivity (Wildman–Crippen MR) is 60.5 cm³/mol. The Balaban J connectivity index is 1.79. The van der Waals surface area contributed by atoms with Gasteiger partial charge < -0.3 is 5.32 Å². The maximum Gasteiger partial charge on any atom is 0.0205 e. The molecular formula is C12H24N2. The normalized spacial score (nSPS) is 28.7. The number of likely N-dealkylation sites (tertiary alicyclic amines) is 1. The molecule has 2 aliphatic heterocycles. The van der Waals surface area contributed by atoms with Gasteiger partial charge in [0.05, 0.1) is 0 Å². The first-order valence-corrected chi connectivity index (χ1v) is 6.20. The molecule has 0 bridgehead atoms. The minimum Gasteiger partial charge on any atom is -0.317 e. The van der Waals surface area contributed by atoms with Gasteiger partial charge in [0.15, 0.2) is 0 Å². The Hall–Kier alpha value is -0.0800. The van der Waals surface area contributed by atoms with Gasteiger partial charge in [-0.3, -0.25) is 4.90 Å². The van der Waals surface area contributed by atoms with Crippen molar-refractivity contribution < 1.29 is 0 Å². The van der Waals surface area contributed by atoms with Crippen molar-refractivity contribution in [3.8, 4) is 0 Å². The van der Waals surface area contributed by atoms with E-state index in [4.69, 9.17) is 0 Å². The Morgan fingerprint density at radius 3 is 2.50 bits per heavy atom. The lowest BCUT2D eigenvalue weighted by molar-refractivity contribution is -0.0258. The van der Waals surface area contributed by atoms with Crippen molar-refractivity contribution in [1.82, 2.24) is 10.2 Å². The zero-order chi connectivity index (χ0) is 10.0. The fraction of sp³-hybridized carbons (Fsp3) is 1.00. The zero-order valence-corrected chi connectivity index (χ0v) is 9.68. The monoisotopic (exact) mass is 196 g/mol. The van der Waals surface area contributed by atoms with Crippen LogP contribution >= 0.6 is 0 Å². The van der Waals surface area contributed by atoms with E-state index in [0.29, 0.717) is 5.54 Å². The first-order valence-electron chi connectivity index (χ1n) is 6.20. The molecule has 2 fully saturated rings. The molecule has 82 valence electrons. The summed E-state index contributed by atoms with van der Waals surface area (Å²) in [6.07, 6.45) is 5.47. The third-order valence-corrected chi connectivity index (χ3v) is 4.10. The minimum atomic E-state index is 0.523. The van der Waals surface area contributed by atoms with Crippen molar-refractivity contribution in [1.29, 1.82) is 0 Å². The highest BCUT2D eigenvalue weighted by Gasteiger charge is 2.40. The van der Waals surface area contributed by atoms with Crippen LogP contribution in [0.4, 0.5) is 0 Å². The van der Waals surface area contributed by atoms with Crippen molar-refractivity contribution >= 4 is 0 Å². The molecule has 2 rings (SSSR count). The van der Waals surface area contributed by atoms with E-state index in [1.165, 1.54) is 51.9 Å². The minimum absolute atomic E-state index is 0.523. The average Bonchev–Trinajstić information content (AvgIpc) is 2.11. The lowest BCUT2D eigenvalue weighted by Crippen LogP contribution is -2.61. The second-order valence-electron chi connectivity index (χ2n) is 5.31. The van der Waals surface area contributed by atoms with Crippen molar-refractivity contribution in [3.63, 3.8) is 0 Å². The number of rotatable bonds is 3. The Morgan fingerprint density at radius 2 is 1.93 bits per heavy atom. The van der Waals surface area contributed by atoms with Crippen LogP contribution in [0.5, 0.6) is 0 Å². The third-order valence-electron chi connectivity index (χ3n) is 4.10. The molecule has 0 aliphatic carbocycles. The number of nitrogens with zero attached hydrogens (tertiary/aromatic N) is 1. The van der Waals surface area contributed by atoms with Crippen LogP contribution in [0.15, 0.2) is 0 Å². The van der Waals surface area contributed by atoms with Crippen molar-refractivity contribution in [2.45, 2.75) is 45.1 Å². The molecule has 0 atom stereocenters. The molecule has 2 nitrogen and oxygen atoms in total. The largest absolute Gasteiger partial charge is 0.317 e. The summed E-state index contributed by atoms with van der Waals surface area (Å²) in [4.78, 5) is 2.72. The quantitative estimate of drug-likeness (QED) is 0.741. The Kier molecular flexibility index (Phi) is 3.13. The van der Waals surface area contributed by atoms with Gasteiger partial charge in [0.25, 0.3) is 0 Å². The van der Waals surface area contributed by atoms with E-state index < -0.39 is 0 Å². The van der Waals surface area contributed by atoms with Crippen LogP contribution in [0, 0.1) is 5.92 Å². The number of hydrogen-bond donors (Lipinski definition) is 1. The number of piperidine rings is 1. The van der Waals surface area contributed by atoms with Gasteiger partial charge in [0.1, 0.15) is 0 Å². The number of nitrogens with one attached hydrogen (secondary N) is 1. The Labute approximate surface area is 88.1 Å². The van der Waals surface area contributed by atoms with Gasteiger partial charge in [-0.2, -0.15) is 0 Å². The van der Waals surface area contributed by atoms with Crippen molar-refractivity contribution in [2.24, 2.45) is 5.92 Å². The van der Waals surface area contributed by atoms with E-state index >= 15 is 0 Å². The first kappa shape index (κ1) is 10.4. The van der Waals surface area contributed by atoms with Crippen LogP contribution < -0.4 is 5.32 Å². The van der Waals surface area contributed by atoms with E-state index in [1.54, 1.807) is 0 Å². The summed E-state index contributed by atoms with van der Waals surface area (Å²) in [7, 11) is 0. The van der Waals surface area contributed by atoms with Crippen LogP contribution in [-0.2, 0) is 0 Å². The molecule has 2 heteroatoms. The highest BCUT2D eigenvalue weighted by molar-refractivity contribution is 4.96. The van der Waals surface area contributed by atoms with Gasteiger partial charge in [-0.1, -0.05) is 13.3 Å². The molecule has 0 radical (unpaired) electrons. The second-order valence-corrected chi connectivity index (χ2v) is 5.31. The summed E-state index contributed by atoms with van der Waals surface area (Å²) >= 11 is 0. The predicted octanol–water partition coefficient (Wildman–Crippen LogP) is 1.86. The summed E-state index contributed by atoms with van der Waals surface area (Å²) in [5.41, 5.74) is 0.523. The summed E-state index contributed by atoms with van der Waals surface area (Å²) in [5, 5.41) is 3.45. The smallest absolute Gasteiger partial charge is 0.0205 e. The second kappa shape index (κ2) is 4.19. The SMILES string of the molecule is CCCC1CN(C2(C)CCNCC2)C1. The van der Waals surface area contributed by atoms with E-state index in [-0.39, 0.29) is 0 Å². The zero-order valence-electron chi connectivity index (χ0n) is 9.68. The van der Waals surface area contributed by atoms with Gasteiger partial charge in [-0.15, -0.1) is 0 Å². The Bertz CT molecular complexity index is 179. The van der Waals surface area contributed by atoms with E-state index in [2.05, 4.69) is 24.1 Å². The first-order chi connectivity index (χ1) is 6.74. The highest BCUT2D eigenvalue weighted by atomic mass is 15.3. The molecule has 0 aromatic heterocycles. The Morgan fingerprint density at radius 1 is 1.29 bits per heavy atom. The standard InChI is InChI=1S/C12H24N2/c1-3-4-11-9-14(10-11)12(2)5-7-13-8-6-12/h11,13H,3-10H2,1-2H3. The molecule has 14 heavy (non-hydrogen) atoms. The maximum absolute atomic E-state index is 3.45. The van der Waals surface area contributed by atoms with Crippen LogP contribution in [0.2, 0.25) is 0 Å². The van der Waals surface area contributed by atoms with E-state index in [0.717, 1.165) is 5.92 Å². The molecule has 0 aromatic carbocycles. The molecule has 0 spiro atoms. The van der Waals surface area contributed by atoms with Crippen molar-refractivity contribution in [3.05, 3.63) is 0 Å². The van der Waals surface area contributed by atoms with Crippen LogP contribution in [0.3, 0.4) is 0 Å². The van der Waals surface area contributed by atoms with Gasteiger partial charge in [-0.05, 0) is 45.2 Å². The molecular weight excluding hydrogens is 172 g/mol. The van der Waals surface area contributed by atoms with Gasteiger partial charge in [0, 0.05) is 18.6 Å². The van der Waals surface area contributed by atoms with Gasteiger partial charge >= 0.3 is 0 Å². The van der Waals surface area contributed by atoms with Gasteiger partial charge in [-0.25, -0.2) is 0 Å². The molecule has 0 unspecified atom stereocenters. The fourth-order valence-electron chi connectivity index (χ4n) is 2.88. The molecule has 2 aliphatic rings.